The molecule has 0 fully saturated rings. The van der Waals surface area contributed by atoms with E-state index in [2.05, 4.69) is 69.3 Å². The third-order valence-corrected chi connectivity index (χ3v) is 11.0. The Morgan fingerprint density at radius 3 is 1.57 bits per heavy atom. The number of benzene rings is 4. The number of phenolic OH excluding ortho intramolecular Hbond substituents is 1. The van der Waals surface area contributed by atoms with Gasteiger partial charge in [0.25, 0.3) is 0 Å². The van der Waals surface area contributed by atoms with Gasteiger partial charge in [-0.15, -0.1) is 0 Å². The maximum absolute atomic E-state index is 8.89. The summed E-state index contributed by atoms with van der Waals surface area (Å²) in [5, 5.41) is 12.3. The summed E-state index contributed by atoms with van der Waals surface area (Å²) >= 11 is 11.7. The quantitative estimate of drug-likeness (QED) is 0.162. The van der Waals surface area contributed by atoms with E-state index >= 15 is 0 Å². The smallest absolute Gasteiger partial charge is 0.320 e. The molecule has 7 heteroatoms. The molecule has 5 N–H and O–H groups in total. The first-order valence-corrected chi connectivity index (χ1v) is 13.8. The number of rotatable bonds is 4. The monoisotopic (exact) mass is 524 g/mol. The number of hydrogen-bond donors (Lipinski definition) is 3. The average Bonchev–Trinajstić information content (AvgIpc) is 2.83. The van der Waals surface area contributed by atoms with Crippen molar-refractivity contribution in [2.45, 2.75) is 25.8 Å². The number of nitrogens with two attached hydrogens (primary N) is 2. The van der Waals surface area contributed by atoms with Gasteiger partial charge < -0.3 is 21.0 Å². The Labute approximate surface area is 218 Å². The summed E-state index contributed by atoms with van der Waals surface area (Å²) in [7, 11) is -2.68. The van der Waals surface area contributed by atoms with Crippen LogP contribution in [0, 0.1) is 0 Å². The van der Waals surface area contributed by atoms with Crippen molar-refractivity contribution >= 4 is 53.3 Å². The van der Waals surface area contributed by atoms with Gasteiger partial charge in [-0.25, -0.2) is 0 Å². The molecule has 0 aliphatic rings. The topological polar surface area (TPSA) is 81.5 Å². The highest BCUT2D eigenvalue weighted by molar-refractivity contribution is 7.00. The number of anilines is 2. The molecule has 0 heterocycles. The molecule has 4 aromatic carbocycles. The van der Waals surface area contributed by atoms with Gasteiger partial charge in [0, 0.05) is 16.1 Å². The molecule has 4 nitrogen and oxygen atoms in total. The molecule has 0 aliphatic carbocycles. The van der Waals surface area contributed by atoms with Crippen molar-refractivity contribution in [2.75, 3.05) is 11.5 Å². The highest BCUT2D eigenvalue weighted by Gasteiger charge is 2.52. The number of halogens is 2. The maximum Gasteiger partial charge on any atom is 0.320 e. The number of aromatic hydroxyl groups is 1. The van der Waals surface area contributed by atoms with Crippen molar-refractivity contribution in [1.82, 2.24) is 0 Å². The number of nitrogen functional groups attached to an aromatic ring is 2. The lowest BCUT2D eigenvalue weighted by atomic mass is 10.2. The average molecular weight is 526 g/mol. The van der Waals surface area contributed by atoms with Crippen LogP contribution < -0.4 is 26.3 Å². The zero-order chi connectivity index (χ0) is 25.6. The molecule has 0 atom stereocenters. The molecule has 35 heavy (non-hydrogen) atoms. The van der Waals surface area contributed by atoms with Crippen molar-refractivity contribution in [1.29, 1.82) is 0 Å². The Balaban J connectivity index is 0.000000320. The van der Waals surface area contributed by atoms with E-state index in [1.165, 1.54) is 16.4 Å². The zero-order valence-corrected chi connectivity index (χ0v) is 22.5. The van der Waals surface area contributed by atoms with E-state index in [0.29, 0.717) is 27.2 Å². The summed E-state index contributed by atoms with van der Waals surface area (Å²) in [6.45, 7) is 6.71. The molecule has 4 rings (SSSR count). The summed E-state index contributed by atoms with van der Waals surface area (Å²) in [4.78, 5) is 0. The minimum absolute atomic E-state index is 0.0301. The number of phenols is 1. The summed E-state index contributed by atoms with van der Waals surface area (Å²) < 4.78 is 6.88. The molecule has 0 amide bonds. The second kappa shape index (κ2) is 11.1. The van der Waals surface area contributed by atoms with Crippen LogP contribution in [0.5, 0.6) is 11.5 Å². The van der Waals surface area contributed by atoms with Gasteiger partial charge in [0.1, 0.15) is 11.5 Å². The Bertz CT molecular complexity index is 1220. The SMILES string of the molecule is CC(C)(C)[Si](Oc1cc(Cl)ccc1N)(c1ccccc1)c1ccccc1.Nc1ccc(Cl)cc1O. The highest BCUT2D eigenvalue weighted by Crippen LogP contribution is 2.39. The second-order valence-corrected chi connectivity index (χ2v) is 14.2. The summed E-state index contributed by atoms with van der Waals surface area (Å²) in [6.07, 6.45) is 0. The van der Waals surface area contributed by atoms with Crippen molar-refractivity contribution in [3.63, 3.8) is 0 Å². The van der Waals surface area contributed by atoms with E-state index < -0.39 is 8.32 Å². The van der Waals surface area contributed by atoms with E-state index in [1.807, 2.05) is 18.2 Å². The molecule has 0 radical (unpaired) electrons. The largest absolute Gasteiger partial charge is 0.533 e. The first-order chi connectivity index (χ1) is 16.5. The normalized spacial score (nSPS) is 11.3. The molecule has 182 valence electrons. The molecule has 0 saturated carbocycles. The van der Waals surface area contributed by atoms with Gasteiger partial charge in [0.15, 0.2) is 0 Å². The van der Waals surface area contributed by atoms with Crippen LogP contribution in [0.3, 0.4) is 0 Å². The van der Waals surface area contributed by atoms with Crippen molar-refractivity contribution < 1.29 is 9.53 Å². The van der Waals surface area contributed by atoms with Crippen LogP contribution in [-0.4, -0.2) is 13.4 Å². The van der Waals surface area contributed by atoms with Crippen LogP contribution in [0.1, 0.15) is 20.8 Å². The summed E-state index contributed by atoms with van der Waals surface area (Å²) in [5.41, 5.74) is 12.5. The fraction of sp³-hybridized carbons (Fsp3) is 0.143. The molecular formula is C28H30Cl2N2O2Si. The summed E-state index contributed by atoms with van der Waals surface area (Å²) in [6, 6.07) is 30.9. The van der Waals surface area contributed by atoms with E-state index in [0.717, 1.165) is 0 Å². The van der Waals surface area contributed by atoms with E-state index in [9.17, 15) is 0 Å². The lowest BCUT2D eigenvalue weighted by molar-refractivity contribution is 0.478. The van der Waals surface area contributed by atoms with Crippen molar-refractivity contribution in [3.8, 4) is 11.5 Å². The van der Waals surface area contributed by atoms with Crippen LogP contribution in [0.15, 0.2) is 97.1 Å². The Morgan fingerprint density at radius 2 is 1.14 bits per heavy atom. The Kier molecular flexibility index (Phi) is 8.38. The van der Waals surface area contributed by atoms with E-state index in [-0.39, 0.29) is 10.8 Å². The van der Waals surface area contributed by atoms with Gasteiger partial charge in [0.05, 0.1) is 11.4 Å². The third-order valence-electron chi connectivity index (χ3n) is 5.65. The molecule has 0 aromatic heterocycles. The predicted molar refractivity (Wildman–Crippen MR) is 152 cm³/mol. The molecule has 0 saturated heterocycles. The molecule has 4 aromatic rings. The Hall–Kier alpha value is -3.12. The molecule has 0 spiro atoms. The second-order valence-electron chi connectivity index (χ2n) is 9.15. The predicted octanol–water partition coefficient (Wildman–Crippen LogP) is 6.49. The molecule has 0 unspecified atom stereocenters. The fourth-order valence-electron chi connectivity index (χ4n) is 3.93. The molecule has 0 bridgehead atoms. The van der Waals surface area contributed by atoms with Crippen molar-refractivity contribution in [2.24, 2.45) is 0 Å². The van der Waals surface area contributed by atoms with Crippen LogP contribution in [-0.2, 0) is 0 Å². The van der Waals surface area contributed by atoms with E-state index in [1.54, 1.807) is 24.3 Å². The van der Waals surface area contributed by atoms with Gasteiger partial charge in [-0.05, 0) is 45.7 Å². The van der Waals surface area contributed by atoms with Crippen LogP contribution in [0.2, 0.25) is 15.1 Å². The maximum atomic E-state index is 8.89. The minimum Gasteiger partial charge on any atom is -0.533 e. The van der Waals surface area contributed by atoms with Gasteiger partial charge in [-0.3, -0.25) is 0 Å². The van der Waals surface area contributed by atoms with Gasteiger partial charge in [0.2, 0.25) is 0 Å². The van der Waals surface area contributed by atoms with Crippen molar-refractivity contribution in [3.05, 3.63) is 107 Å². The third kappa shape index (κ3) is 6.12. The zero-order valence-electron chi connectivity index (χ0n) is 20.0. The lowest BCUT2D eigenvalue weighted by Crippen LogP contribution is -2.68. The van der Waals surface area contributed by atoms with Gasteiger partial charge in [-0.1, -0.05) is 105 Å². The highest BCUT2D eigenvalue weighted by atomic mass is 35.5. The summed E-state index contributed by atoms with van der Waals surface area (Å²) in [5.74, 6) is 0.675. The van der Waals surface area contributed by atoms with Gasteiger partial charge >= 0.3 is 8.32 Å². The Morgan fingerprint density at radius 1 is 0.686 bits per heavy atom. The first-order valence-electron chi connectivity index (χ1n) is 11.1. The standard InChI is InChI=1S/C22H24ClNOSi.C6H6ClNO/c1-22(2,3)26(18-10-6-4-7-11-18,19-12-8-5-9-13-19)25-21-16-17(23)14-15-20(21)24;7-4-1-2-5(8)6(9)3-4/h4-16H,24H2,1-3H3;1-3,9H,8H2. The van der Waals surface area contributed by atoms with E-state index in [4.69, 9.17) is 44.2 Å². The van der Waals surface area contributed by atoms with Crippen LogP contribution in [0.4, 0.5) is 11.4 Å². The lowest BCUT2D eigenvalue weighted by Gasteiger charge is -2.43. The molecular weight excluding hydrogens is 495 g/mol. The number of hydrogen-bond acceptors (Lipinski definition) is 4. The fourth-order valence-corrected chi connectivity index (χ4v) is 8.69. The van der Waals surface area contributed by atoms with Crippen LogP contribution in [0.25, 0.3) is 0 Å². The first kappa shape index (κ1) is 26.5. The van der Waals surface area contributed by atoms with Gasteiger partial charge in [-0.2, -0.15) is 0 Å². The van der Waals surface area contributed by atoms with Crippen LogP contribution >= 0.6 is 23.2 Å². The minimum atomic E-state index is -2.68. The molecule has 0 aliphatic heterocycles.